The van der Waals surface area contributed by atoms with Gasteiger partial charge in [-0.15, -0.1) is 0 Å². The minimum absolute atomic E-state index is 0.0284. The normalized spacial score (nSPS) is 13.5. The third kappa shape index (κ3) is 7.01. The van der Waals surface area contributed by atoms with Gasteiger partial charge >= 0.3 is 11.8 Å². The van der Waals surface area contributed by atoms with Gasteiger partial charge in [0.25, 0.3) is 0 Å². The number of halogens is 1. The lowest BCUT2D eigenvalue weighted by atomic mass is 9.95. The third-order valence-electron chi connectivity index (χ3n) is 3.53. The maximum atomic E-state index is 11.8. The summed E-state index contributed by atoms with van der Waals surface area (Å²) in [6, 6.07) is 5.01. The first-order valence-corrected chi connectivity index (χ1v) is 8.06. The lowest BCUT2D eigenvalue weighted by molar-refractivity contribution is -0.136. The van der Waals surface area contributed by atoms with Crippen molar-refractivity contribution < 1.29 is 14.7 Å². The molecule has 1 aromatic rings. The molecule has 0 radical (unpaired) electrons. The fourth-order valence-corrected chi connectivity index (χ4v) is 2.08. The topological polar surface area (TPSA) is 78.4 Å². The van der Waals surface area contributed by atoms with E-state index in [2.05, 4.69) is 24.5 Å². The first-order chi connectivity index (χ1) is 10.6. The third-order valence-corrected chi connectivity index (χ3v) is 3.93. The van der Waals surface area contributed by atoms with Crippen LogP contribution in [0.4, 0.5) is 5.69 Å². The molecular formula is C17H25ClN2O3. The Labute approximate surface area is 142 Å². The minimum Gasteiger partial charge on any atom is -0.388 e. The van der Waals surface area contributed by atoms with Gasteiger partial charge in [-0.3, -0.25) is 9.59 Å². The van der Waals surface area contributed by atoms with Gasteiger partial charge in [-0.25, -0.2) is 0 Å². The average molecular weight is 341 g/mol. The van der Waals surface area contributed by atoms with Crippen molar-refractivity contribution in [3.8, 4) is 0 Å². The first kappa shape index (κ1) is 19.5. The molecule has 0 saturated heterocycles. The summed E-state index contributed by atoms with van der Waals surface area (Å²) in [5.74, 6) is -1.11. The molecule has 6 heteroatoms. The van der Waals surface area contributed by atoms with Crippen LogP contribution in [0.15, 0.2) is 18.2 Å². The molecular weight excluding hydrogens is 316 g/mol. The van der Waals surface area contributed by atoms with Crippen LogP contribution in [0.3, 0.4) is 0 Å². The maximum Gasteiger partial charge on any atom is 0.313 e. The summed E-state index contributed by atoms with van der Waals surface area (Å²) in [5.41, 5.74) is 0.301. The number of aliphatic hydroxyl groups is 1. The Balaban J connectivity index is 2.50. The SMILES string of the molecule is Cc1ccc(NC(=O)C(=O)NCC(C)(O)CCC(C)C)cc1Cl. The number of amides is 2. The van der Waals surface area contributed by atoms with Crippen LogP contribution in [0.1, 0.15) is 39.2 Å². The number of aryl methyl sites for hydroxylation is 1. The summed E-state index contributed by atoms with van der Waals surface area (Å²) in [6.45, 7) is 7.65. The summed E-state index contributed by atoms with van der Waals surface area (Å²) in [4.78, 5) is 23.7. The van der Waals surface area contributed by atoms with E-state index in [1.807, 2.05) is 6.92 Å². The Bertz CT molecular complexity index is 571. The largest absolute Gasteiger partial charge is 0.388 e. The van der Waals surface area contributed by atoms with Crippen LogP contribution in [0.5, 0.6) is 0 Å². The summed E-state index contributed by atoms with van der Waals surface area (Å²) < 4.78 is 0. The van der Waals surface area contributed by atoms with Crippen molar-refractivity contribution in [2.75, 3.05) is 11.9 Å². The fraction of sp³-hybridized carbons (Fsp3) is 0.529. The molecule has 1 rings (SSSR count). The predicted octanol–water partition coefficient (Wildman–Crippen LogP) is 2.89. The number of carbonyl (C=O) groups excluding carboxylic acids is 2. The van der Waals surface area contributed by atoms with Crippen molar-refractivity contribution in [1.29, 1.82) is 0 Å². The van der Waals surface area contributed by atoms with E-state index in [-0.39, 0.29) is 6.54 Å². The Morgan fingerprint density at radius 2 is 1.96 bits per heavy atom. The van der Waals surface area contributed by atoms with Crippen molar-refractivity contribution in [2.24, 2.45) is 5.92 Å². The van der Waals surface area contributed by atoms with Crippen molar-refractivity contribution in [3.05, 3.63) is 28.8 Å². The molecule has 0 bridgehead atoms. The number of anilines is 1. The number of carbonyl (C=O) groups is 2. The highest BCUT2D eigenvalue weighted by atomic mass is 35.5. The molecule has 0 saturated carbocycles. The highest BCUT2D eigenvalue weighted by molar-refractivity contribution is 6.39. The van der Waals surface area contributed by atoms with Gasteiger partial charge in [0.15, 0.2) is 0 Å². The molecule has 0 aliphatic rings. The molecule has 0 aliphatic carbocycles. The Morgan fingerprint density at radius 3 is 2.52 bits per heavy atom. The van der Waals surface area contributed by atoms with Gasteiger partial charge in [0.1, 0.15) is 0 Å². The van der Waals surface area contributed by atoms with Crippen LogP contribution in [0, 0.1) is 12.8 Å². The second-order valence-electron chi connectivity index (χ2n) is 6.53. The number of rotatable bonds is 6. The molecule has 0 aliphatic heterocycles. The highest BCUT2D eigenvalue weighted by Gasteiger charge is 2.23. The van der Waals surface area contributed by atoms with Crippen molar-refractivity contribution in [1.82, 2.24) is 5.32 Å². The lowest BCUT2D eigenvalue weighted by Gasteiger charge is -2.24. The second kappa shape index (κ2) is 8.31. The van der Waals surface area contributed by atoms with E-state index in [1.165, 1.54) is 0 Å². The Kier molecular flexibility index (Phi) is 7.03. The number of hydrogen-bond donors (Lipinski definition) is 3. The van der Waals surface area contributed by atoms with Crippen LogP contribution in [0.2, 0.25) is 5.02 Å². The number of nitrogens with one attached hydrogen (secondary N) is 2. The smallest absolute Gasteiger partial charge is 0.313 e. The van der Waals surface area contributed by atoms with Crippen LogP contribution in [-0.4, -0.2) is 29.1 Å². The zero-order valence-electron chi connectivity index (χ0n) is 14.1. The van der Waals surface area contributed by atoms with Gasteiger partial charge in [-0.2, -0.15) is 0 Å². The molecule has 0 aromatic heterocycles. The molecule has 3 N–H and O–H groups in total. The van der Waals surface area contributed by atoms with Crippen LogP contribution in [-0.2, 0) is 9.59 Å². The quantitative estimate of drug-likeness (QED) is 0.697. The Hall–Kier alpha value is -1.59. The van der Waals surface area contributed by atoms with Gasteiger partial charge < -0.3 is 15.7 Å². The zero-order chi connectivity index (χ0) is 17.6. The summed E-state index contributed by atoms with van der Waals surface area (Å²) in [7, 11) is 0. The van der Waals surface area contributed by atoms with Gasteiger partial charge in [0.05, 0.1) is 5.60 Å². The molecule has 1 atom stereocenters. The summed E-state index contributed by atoms with van der Waals surface area (Å²) in [5, 5.41) is 15.6. The van der Waals surface area contributed by atoms with Crippen molar-refractivity contribution in [2.45, 2.75) is 46.1 Å². The predicted molar refractivity (Wildman–Crippen MR) is 92.5 cm³/mol. The first-order valence-electron chi connectivity index (χ1n) is 7.68. The van der Waals surface area contributed by atoms with Crippen LogP contribution >= 0.6 is 11.6 Å². The van der Waals surface area contributed by atoms with E-state index < -0.39 is 17.4 Å². The van der Waals surface area contributed by atoms with Crippen molar-refractivity contribution in [3.63, 3.8) is 0 Å². The minimum atomic E-state index is -1.03. The summed E-state index contributed by atoms with van der Waals surface area (Å²) >= 11 is 5.97. The Morgan fingerprint density at radius 1 is 1.30 bits per heavy atom. The van der Waals surface area contributed by atoms with Crippen molar-refractivity contribution >= 4 is 29.1 Å². The number of benzene rings is 1. The highest BCUT2D eigenvalue weighted by Crippen LogP contribution is 2.20. The maximum absolute atomic E-state index is 11.8. The molecule has 1 aromatic carbocycles. The average Bonchev–Trinajstić information content (AvgIpc) is 2.46. The monoisotopic (exact) mass is 340 g/mol. The lowest BCUT2D eigenvalue weighted by Crippen LogP contribution is -2.44. The van der Waals surface area contributed by atoms with Gasteiger partial charge in [-0.1, -0.05) is 31.5 Å². The molecule has 5 nitrogen and oxygen atoms in total. The van der Waals surface area contributed by atoms with Gasteiger partial charge in [0.2, 0.25) is 0 Å². The molecule has 128 valence electrons. The van der Waals surface area contributed by atoms with E-state index in [9.17, 15) is 14.7 Å². The summed E-state index contributed by atoms with van der Waals surface area (Å²) in [6.07, 6.45) is 1.40. The van der Waals surface area contributed by atoms with E-state index in [1.54, 1.807) is 25.1 Å². The van der Waals surface area contributed by atoms with E-state index in [0.29, 0.717) is 23.0 Å². The molecule has 0 spiro atoms. The molecule has 0 fully saturated rings. The van der Waals surface area contributed by atoms with Gasteiger partial charge in [0, 0.05) is 17.3 Å². The van der Waals surface area contributed by atoms with Crippen LogP contribution < -0.4 is 10.6 Å². The molecule has 1 unspecified atom stereocenters. The number of hydrogen-bond acceptors (Lipinski definition) is 3. The molecule has 23 heavy (non-hydrogen) atoms. The second-order valence-corrected chi connectivity index (χ2v) is 6.94. The van der Waals surface area contributed by atoms with E-state index >= 15 is 0 Å². The molecule has 2 amide bonds. The standard InChI is InChI=1S/C17H25ClN2O3/c1-11(2)7-8-17(4,23)10-19-15(21)16(22)20-13-6-5-12(3)14(18)9-13/h5-6,9,11,23H,7-8,10H2,1-4H3,(H,19,21)(H,20,22). The van der Waals surface area contributed by atoms with E-state index in [4.69, 9.17) is 11.6 Å². The van der Waals surface area contributed by atoms with Gasteiger partial charge in [-0.05, 0) is 50.3 Å². The van der Waals surface area contributed by atoms with E-state index in [0.717, 1.165) is 12.0 Å². The molecule has 0 heterocycles. The fourth-order valence-electron chi connectivity index (χ4n) is 1.90. The van der Waals surface area contributed by atoms with Crippen LogP contribution in [0.25, 0.3) is 0 Å². The zero-order valence-corrected chi connectivity index (χ0v) is 14.8.